The van der Waals surface area contributed by atoms with Crippen molar-refractivity contribution < 1.29 is 0 Å². The molecule has 0 aliphatic rings. The quantitative estimate of drug-likeness (QED) is 0.143. The van der Waals surface area contributed by atoms with E-state index in [9.17, 15) is 0 Å². The summed E-state index contributed by atoms with van der Waals surface area (Å²) in [7, 11) is 0. The van der Waals surface area contributed by atoms with Gasteiger partial charge in [0.2, 0.25) is 0 Å². The van der Waals surface area contributed by atoms with Gasteiger partial charge in [0.25, 0.3) is 0 Å². The van der Waals surface area contributed by atoms with Crippen molar-refractivity contribution in [1.29, 1.82) is 0 Å². The third-order valence-corrected chi connectivity index (χ3v) is 6.30. The molecule has 1 unspecified atom stereocenters. The highest BCUT2D eigenvalue weighted by molar-refractivity contribution is 4.55. The van der Waals surface area contributed by atoms with Crippen LogP contribution < -0.4 is 0 Å². The smallest absolute Gasteiger partial charge is 0.0443 e. The molecular weight excluding hydrogens is 336 g/mol. The molecule has 1 radical (unpaired) electrons. The van der Waals surface area contributed by atoms with Crippen LogP contribution >= 0.6 is 0 Å². The van der Waals surface area contributed by atoms with Gasteiger partial charge in [-0.15, -0.1) is 0 Å². The zero-order valence-corrected chi connectivity index (χ0v) is 20.3. The van der Waals surface area contributed by atoms with Crippen molar-refractivity contribution in [3.63, 3.8) is 0 Å². The summed E-state index contributed by atoms with van der Waals surface area (Å²) in [5.41, 5.74) is 0. The predicted molar refractivity (Wildman–Crippen MR) is 131 cm³/mol. The highest BCUT2D eigenvalue weighted by atomic mass is 14.0. The first-order valence-electron chi connectivity index (χ1n) is 13.6. The van der Waals surface area contributed by atoms with Crippen molar-refractivity contribution >= 4 is 0 Å². The first-order valence-corrected chi connectivity index (χ1v) is 13.6. The summed E-state index contributed by atoms with van der Waals surface area (Å²) < 4.78 is 0. The van der Waals surface area contributed by atoms with Gasteiger partial charge in [-0.1, -0.05) is 175 Å². The Morgan fingerprint density at radius 3 is 0.821 bits per heavy atom. The number of rotatable bonds is 24. The maximum Gasteiger partial charge on any atom is -0.0443 e. The average molecular weight is 394 g/mol. The lowest BCUT2D eigenvalue weighted by atomic mass is 10.0. The van der Waals surface area contributed by atoms with Crippen LogP contribution in [0.5, 0.6) is 0 Å². The van der Waals surface area contributed by atoms with Crippen molar-refractivity contribution in [2.45, 2.75) is 168 Å². The molecule has 0 aliphatic carbocycles. The first-order chi connectivity index (χ1) is 13.8. The van der Waals surface area contributed by atoms with E-state index >= 15 is 0 Å². The van der Waals surface area contributed by atoms with Crippen LogP contribution in [0.1, 0.15) is 168 Å². The predicted octanol–water partition coefficient (Wildman–Crippen LogP) is 10.8. The minimum atomic E-state index is 0.648. The molecule has 1 atom stereocenters. The van der Waals surface area contributed by atoms with E-state index in [-0.39, 0.29) is 0 Å². The molecule has 0 fully saturated rings. The van der Waals surface area contributed by atoms with Crippen LogP contribution in [-0.2, 0) is 0 Å². The van der Waals surface area contributed by atoms with Crippen LogP contribution in [0.15, 0.2) is 0 Å². The van der Waals surface area contributed by atoms with E-state index in [2.05, 4.69) is 20.8 Å². The third kappa shape index (κ3) is 26.0. The molecule has 0 saturated heterocycles. The SMILES string of the molecule is [CH2]C(C)CCCCCCCCCCCCCCCCCCCCCCCCC. The zero-order valence-electron chi connectivity index (χ0n) is 20.3. The molecule has 0 heterocycles. The molecule has 0 N–H and O–H groups in total. The number of hydrogen-bond acceptors (Lipinski definition) is 0. The lowest BCUT2D eigenvalue weighted by Gasteiger charge is -2.05. The standard InChI is InChI=1S/C28H57/c1-4-5-6-7-8-9-10-11-12-13-14-15-16-17-18-19-20-21-22-23-24-25-26-27-28(2)3/h28H,2,4-27H2,1,3H3. The Morgan fingerprint density at radius 2 is 0.607 bits per heavy atom. The molecule has 0 bridgehead atoms. The Bertz CT molecular complexity index is 255. The van der Waals surface area contributed by atoms with Crippen LogP contribution in [0.2, 0.25) is 0 Å². The molecule has 0 spiro atoms. The van der Waals surface area contributed by atoms with Crippen molar-refractivity contribution in [3.05, 3.63) is 6.92 Å². The minimum Gasteiger partial charge on any atom is -0.0654 e. The molecule has 0 aromatic rings. The van der Waals surface area contributed by atoms with Gasteiger partial charge in [0.05, 0.1) is 0 Å². The summed E-state index contributed by atoms with van der Waals surface area (Å²) in [6, 6.07) is 0. The second kappa shape index (κ2) is 25.0. The topological polar surface area (TPSA) is 0 Å². The highest BCUT2D eigenvalue weighted by Gasteiger charge is 1.97. The second-order valence-electron chi connectivity index (χ2n) is 9.67. The Kier molecular flexibility index (Phi) is 25.0. The van der Waals surface area contributed by atoms with Gasteiger partial charge < -0.3 is 0 Å². The average Bonchev–Trinajstić information content (AvgIpc) is 2.68. The van der Waals surface area contributed by atoms with Crippen LogP contribution in [0, 0.1) is 12.8 Å². The van der Waals surface area contributed by atoms with E-state index < -0.39 is 0 Å². The summed E-state index contributed by atoms with van der Waals surface area (Å²) in [6.45, 7) is 8.60. The van der Waals surface area contributed by atoms with Gasteiger partial charge in [0.15, 0.2) is 0 Å². The third-order valence-electron chi connectivity index (χ3n) is 6.30. The lowest BCUT2D eigenvalue weighted by Crippen LogP contribution is -1.87. The van der Waals surface area contributed by atoms with E-state index in [0.29, 0.717) is 5.92 Å². The van der Waals surface area contributed by atoms with Gasteiger partial charge in [0, 0.05) is 0 Å². The van der Waals surface area contributed by atoms with Crippen LogP contribution in [0.3, 0.4) is 0 Å². The molecule has 0 aromatic heterocycles. The maximum atomic E-state index is 4.06. The normalized spacial score (nSPS) is 11.6. The lowest BCUT2D eigenvalue weighted by molar-refractivity contribution is 0.511. The summed E-state index contributed by atoms with van der Waals surface area (Å²) in [5.74, 6) is 0.648. The molecule has 0 aliphatic heterocycles. The van der Waals surface area contributed by atoms with E-state index in [4.69, 9.17) is 0 Å². The van der Waals surface area contributed by atoms with Gasteiger partial charge in [-0.2, -0.15) is 0 Å². The first kappa shape index (κ1) is 28.0. The fraction of sp³-hybridized carbons (Fsp3) is 0.964. The van der Waals surface area contributed by atoms with Crippen LogP contribution in [0.25, 0.3) is 0 Å². The highest BCUT2D eigenvalue weighted by Crippen LogP contribution is 2.16. The number of hydrogen-bond donors (Lipinski definition) is 0. The van der Waals surface area contributed by atoms with Gasteiger partial charge in [-0.25, -0.2) is 0 Å². The minimum absolute atomic E-state index is 0.648. The van der Waals surface area contributed by atoms with Crippen molar-refractivity contribution in [1.82, 2.24) is 0 Å². The molecule has 0 heteroatoms. The van der Waals surface area contributed by atoms with Gasteiger partial charge in [-0.05, 0) is 5.92 Å². The van der Waals surface area contributed by atoms with Crippen LogP contribution in [0.4, 0.5) is 0 Å². The van der Waals surface area contributed by atoms with E-state index in [1.165, 1.54) is 154 Å². The van der Waals surface area contributed by atoms with Gasteiger partial charge >= 0.3 is 0 Å². The maximum absolute atomic E-state index is 4.06. The zero-order chi connectivity index (χ0) is 20.5. The Labute approximate surface area is 181 Å². The summed E-state index contributed by atoms with van der Waals surface area (Å²) in [6.07, 6.45) is 35.1. The van der Waals surface area contributed by atoms with E-state index in [0.717, 1.165) is 0 Å². The summed E-state index contributed by atoms with van der Waals surface area (Å²) in [4.78, 5) is 0. The summed E-state index contributed by atoms with van der Waals surface area (Å²) in [5, 5.41) is 0. The molecule has 0 nitrogen and oxygen atoms in total. The van der Waals surface area contributed by atoms with Gasteiger partial charge in [-0.3, -0.25) is 0 Å². The Morgan fingerprint density at radius 1 is 0.393 bits per heavy atom. The second-order valence-corrected chi connectivity index (χ2v) is 9.67. The monoisotopic (exact) mass is 393 g/mol. The van der Waals surface area contributed by atoms with Crippen molar-refractivity contribution in [2.75, 3.05) is 0 Å². The summed E-state index contributed by atoms with van der Waals surface area (Å²) >= 11 is 0. The van der Waals surface area contributed by atoms with Crippen LogP contribution in [-0.4, -0.2) is 0 Å². The molecule has 0 rings (SSSR count). The molecule has 0 amide bonds. The van der Waals surface area contributed by atoms with Crippen molar-refractivity contribution in [2.24, 2.45) is 5.92 Å². The molecule has 169 valence electrons. The molecule has 0 saturated carbocycles. The largest absolute Gasteiger partial charge is 0.0654 e. The molecule has 0 aromatic carbocycles. The van der Waals surface area contributed by atoms with E-state index in [1.54, 1.807) is 0 Å². The fourth-order valence-electron chi connectivity index (χ4n) is 4.28. The van der Waals surface area contributed by atoms with Crippen molar-refractivity contribution in [3.8, 4) is 0 Å². The molecular formula is C28H57. The Balaban J connectivity index is 2.98. The van der Waals surface area contributed by atoms with Gasteiger partial charge in [0.1, 0.15) is 0 Å². The fourth-order valence-corrected chi connectivity index (χ4v) is 4.28. The number of unbranched alkanes of at least 4 members (excludes halogenated alkanes) is 22. The van der Waals surface area contributed by atoms with E-state index in [1.807, 2.05) is 0 Å². The Hall–Kier alpha value is 0. The molecule has 28 heavy (non-hydrogen) atoms.